The Balaban J connectivity index is 1.87. The molecule has 4 heteroatoms. The van der Waals surface area contributed by atoms with Crippen LogP contribution in [0.5, 0.6) is 0 Å². The van der Waals surface area contributed by atoms with Crippen LogP contribution in [-0.2, 0) is 11.3 Å². The number of nitrogens with one attached hydrogen (secondary N) is 1. The largest absolute Gasteiger partial charge is 0.377 e. The molecule has 0 aliphatic carbocycles. The van der Waals surface area contributed by atoms with Gasteiger partial charge in [0.2, 0.25) is 0 Å². The van der Waals surface area contributed by atoms with Crippen molar-refractivity contribution in [3.63, 3.8) is 0 Å². The molecule has 0 spiro atoms. The van der Waals surface area contributed by atoms with E-state index in [1.54, 1.807) is 0 Å². The van der Waals surface area contributed by atoms with Crippen molar-refractivity contribution < 1.29 is 4.74 Å². The summed E-state index contributed by atoms with van der Waals surface area (Å²) in [6.45, 7) is 6.00. The SMILES string of the molecule is CNc1nc2ccccc2cc1CN1CCCOC(C)C1. The lowest BCUT2D eigenvalue weighted by atomic mass is 10.1. The molecular weight excluding hydrogens is 262 g/mol. The van der Waals surface area contributed by atoms with E-state index in [4.69, 9.17) is 9.72 Å². The molecule has 0 saturated carbocycles. The Labute approximate surface area is 126 Å². The predicted octanol–water partition coefficient (Wildman–Crippen LogP) is 2.89. The topological polar surface area (TPSA) is 37.4 Å². The number of nitrogens with zero attached hydrogens (tertiary/aromatic N) is 2. The molecule has 1 aliphatic heterocycles. The lowest BCUT2D eigenvalue weighted by Crippen LogP contribution is -2.30. The molecule has 3 rings (SSSR count). The van der Waals surface area contributed by atoms with Crippen molar-refractivity contribution in [3.8, 4) is 0 Å². The minimum absolute atomic E-state index is 0.305. The standard InChI is InChI=1S/C17H23N3O/c1-13-11-20(8-5-9-21-13)12-15-10-14-6-3-4-7-16(14)19-17(15)18-2/h3-4,6-7,10,13H,5,8-9,11-12H2,1-2H3,(H,18,19). The molecule has 1 saturated heterocycles. The first kappa shape index (κ1) is 14.3. The van der Waals surface area contributed by atoms with Gasteiger partial charge in [0, 0.05) is 44.2 Å². The van der Waals surface area contributed by atoms with E-state index in [-0.39, 0.29) is 0 Å². The van der Waals surface area contributed by atoms with Crippen LogP contribution < -0.4 is 5.32 Å². The third kappa shape index (κ3) is 3.34. The molecular formula is C17H23N3O. The third-order valence-corrected chi connectivity index (χ3v) is 3.97. The van der Waals surface area contributed by atoms with Gasteiger partial charge in [-0.15, -0.1) is 0 Å². The average Bonchev–Trinajstić information content (AvgIpc) is 2.70. The van der Waals surface area contributed by atoms with Gasteiger partial charge in [0.1, 0.15) is 5.82 Å². The van der Waals surface area contributed by atoms with Crippen LogP contribution in [0.4, 0.5) is 5.82 Å². The first-order valence-electron chi connectivity index (χ1n) is 7.66. The Hall–Kier alpha value is -1.65. The second-order valence-electron chi connectivity index (χ2n) is 5.71. The lowest BCUT2D eigenvalue weighted by molar-refractivity contribution is 0.0668. The Morgan fingerprint density at radius 3 is 3.10 bits per heavy atom. The minimum Gasteiger partial charge on any atom is -0.377 e. The maximum Gasteiger partial charge on any atom is 0.130 e. The summed E-state index contributed by atoms with van der Waals surface area (Å²) in [7, 11) is 1.94. The predicted molar refractivity (Wildman–Crippen MR) is 86.6 cm³/mol. The van der Waals surface area contributed by atoms with Crippen molar-refractivity contribution in [2.75, 3.05) is 32.1 Å². The fourth-order valence-corrected chi connectivity index (χ4v) is 2.96. The quantitative estimate of drug-likeness (QED) is 0.941. The number of fused-ring (bicyclic) bond motifs is 1. The molecule has 112 valence electrons. The van der Waals surface area contributed by atoms with Crippen molar-refractivity contribution in [2.45, 2.75) is 26.0 Å². The monoisotopic (exact) mass is 285 g/mol. The summed E-state index contributed by atoms with van der Waals surface area (Å²) in [5.74, 6) is 0.978. The second kappa shape index (κ2) is 6.41. The fourth-order valence-electron chi connectivity index (χ4n) is 2.96. The van der Waals surface area contributed by atoms with Gasteiger partial charge in [-0.25, -0.2) is 4.98 Å². The van der Waals surface area contributed by atoms with Gasteiger partial charge in [-0.2, -0.15) is 0 Å². The average molecular weight is 285 g/mol. The molecule has 1 aromatic carbocycles. The molecule has 1 unspecified atom stereocenters. The first-order valence-corrected chi connectivity index (χ1v) is 7.66. The van der Waals surface area contributed by atoms with Crippen LogP contribution in [0.3, 0.4) is 0 Å². The van der Waals surface area contributed by atoms with Gasteiger partial charge in [-0.1, -0.05) is 18.2 Å². The molecule has 0 bridgehead atoms. The molecule has 1 N–H and O–H groups in total. The van der Waals surface area contributed by atoms with Crippen molar-refractivity contribution in [3.05, 3.63) is 35.9 Å². The van der Waals surface area contributed by atoms with Crippen molar-refractivity contribution in [1.82, 2.24) is 9.88 Å². The molecule has 21 heavy (non-hydrogen) atoms. The zero-order valence-corrected chi connectivity index (χ0v) is 12.8. The second-order valence-corrected chi connectivity index (χ2v) is 5.71. The Morgan fingerprint density at radius 2 is 2.24 bits per heavy atom. The molecule has 4 nitrogen and oxygen atoms in total. The van der Waals surface area contributed by atoms with Gasteiger partial charge < -0.3 is 10.1 Å². The highest BCUT2D eigenvalue weighted by molar-refractivity contribution is 5.81. The summed E-state index contributed by atoms with van der Waals surface area (Å²) in [6, 6.07) is 10.5. The van der Waals surface area contributed by atoms with E-state index in [9.17, 15) is 0 Å². The molecule has 2 heterocycles. The summed E-state index contributed by atoms with van der Waals surface area (Å²) in [5, 5.41) is 4.43. The summed E-state index contributed by atoms with van der Waals surface area (Å²) >= 11 is 0. The van der Waals surface area contributed by atoms with Crippen LogP contribution in [0.25, 0.3) is 10.9 Å². The number of anilines is 1. The zero-order valence-electron chi connectivity index (χ0n) is 12.8. The number of hydrogen-bond donors (Lipinski definition) is 1. The van der Waals surface area contributed by atoms with Crippen molar-refractivity contribution >= 4 is 16.7 Å². The number of benzene rings is 1. The van der Waals surface area contributed by atoms with Crippen LogP contribution in [0.1, 0.15) is 18.9 Å². The van der Waals surface area contributed by atoms with Gasteiger partial charge in [-0.3, -0.25) is 4.90 Å². The number of pyridine rings is 1. The van der Waals surface area contributed by atoms with Crippen LogP contribution in [0.15, 0.2) is 30.3 Å². The number of hydrogen-bond acceptors (Lipinski definition) is 4. The Bertz CT molecular complexity index is 614. The maximum atomic E-state index is 5.72. The maximum absolute atomic E-state index is 5.72. The van der Waals surface area contributed by atoms with E-state index in [2.05, 4.69) is 41.4 Å². The summed E-state index contributed by atoms with van der Waals surface area (Å²) in [6.07, 6.45) is 1.40. The highest BCUT2D eigenvalue weighted by Gasteiger charge is 2.17. The van der Waals surface area contributed by atoms with Crippen LogP contribution >= 0.6 is 0 Å². The van der Waals surface area contributed by atoms with E-state index < -0.39 is 0 Å². The Morgan fingerprint density at radius 1 is 1.38 bits per heavy atom. The van der Waals surface area contributed by atoms with Crippen LogP contribution in [0, 0.1) is 0 Å². The lowest BCUT2D eigenvalue weighted by Gasteiger charge is -2.23. The number of rotatable bonds is 3. The molecule has 2 aromatic rings. The van der Waals surface area contributed by atoms with Crippen molar-refractivity contribution in [1.29, 1.82) is 0 Å². The van der Waals surface area contributed by atoms with E-state index in [1.165, 1.54) is 10.9 Å². The molecule has 1 atom stereocenters. The van der Waals surface area contributed by atoms with Crippen LogP contribution in [-0.4, -0.2) is 42.7 Å². The number of ether oxygens (including phenoxy) is 1. The van der Waals surface area contributed by atoms with E-state index in [0.717, 1.165) is 44.0 Å². The molecule has 1 aliphatic rings. The molecule has 1 aromatic heterocycles. The van der Waals surface area contributed by atoms with E-state index in [1.807, 2.05) is 13.1 Å². The van der Waals surface area contributed by atoms with E-state index in [0.29, 0.717) is 6.10 Å². The fraction of sp³-hybridized carbons (Fsp3) is 0.471. The summed E-state index contributed by atoms with van der Waals surface area (Å²) in [4.78, 5) is 7.20. The molecule has 0 radical (unpaired) electrons. The minimum atomic E-state index is 0.305. The van der Waals surface area contributed by atoms with Gasteiger partial charge in [0.15, 0.2) is 0 Å². The van der Waals surface area contributed by atoms with Gasteiger partial charge in [0.25, 0.3) is 0 Å². The number of para-hydroxylation sites is 1. The van der Waals surface area contributed by atoms with Crippen LogP contribution in [0.2, 0.25) is 0 Å². The number of aromatic nitrogens is 1. The van der Waals surface area contributed by atoms with E-state index >= 15 is 0 Å². The molecule has 0 amide bonds. The van der Waals surface area contributed by atoms with Crippen molar-refractivity contribution in [2.24, 2.45) is 0 Å². The third-order valence-electron chi connectivity index (χ3n) is 3.97. The highest BCUT2D eigenvalue weighted by Crippen LogP contribution is 2.22. The van der Waals surface area contributed by atoms with Gasteiger partial charge in [0.05, 0.1) is 11.6 Å². The normalized spacial score (nSPS) is 20.4. The molecule has 1 fully saturated rings. The van der Waals surface area contributed by atoms with Gasteiger partial charge >= 0.3 is 0 Å². The summed E-state index contributed by atoms with van der Waals surface area (Å²) < 4.78 is 5.72. The summed E-state index contributed by atoms with van der Waals surface area (Å²) in [5.41, 5.74) is 2.29. The highest BCUT2D eigenvalue weighted by atomic mass is 16.5. The first-order chi connectivity index (χ1) is 10.3. The Kier molecular flexibility index (Phi) is 4.36. The van der Waals surface area contributed by atoms with Gasteiger partial charge in [-0.05, 0) is 25.5 Å². The zero-order chi connectivity index (χ0) is 14.7. The smallest absolute Gasteiger partial charge is 0.130 e.